The van der Waals surface area contributed by atoms with Crippen molar-refractivity contribution in [3.8, 4) is 0 Å². The number of halogens is 1. The molecule has 1 saturated heterocycles. The Morgan fingerprint density at radius 2 is 2.30 bits per heavy atom. The number of sulfonamides is 1. The molecule has 0 aliphatic carbocycles. The molecule has 1 aliphatic rings. The fourth-order valence-electron chi connectivity index (χ4n) is 2.23. The van der Waals surface area contributed by atoms with E-state index in [2.05, 4.69) is 21.1 Å². The lowest BCUT2D eigenvalue weighted by molar-refractivity contribution is 0.281. The maximum Gasteiger partial charge on any atom is 0.253 e. The lowest BCUT2D eigenvalue weighted by Crippen LogP contribution is -2.50. The van der Waals surface area contributed by atoms with Gasteiger partial charge in [0.05, 0.1) is 9.83 Å². The quantitative estimate of drug-likeness (QED) is 0.362. The van der Waals surface area contributed by atoms with Crippen molar-refractivity contribution in [2.45, 2.75) is 36.4 Å². The second-order valence-electron chi connectivity index (χ2n) is 4.67. The Bertz CT molecular complexity index is 607. The lowest BCUT2D eigenvalue weighted by Gasteiger charge is -2.33. The number of rotatable bonds is 3. The molecule has 1 aliphatic heterocycles. The van der Waals surface area contributed by atoms with E-state index in [0.29, 0.717) is 13.0 Å². The van der Waals surface area contributed by atoms with E-state index in [1.807, 2.05) is 6.92 Å². The number of nitrogens with two attached hydrogens (primary N) is 1. The first kappa shape index (κ1) is 15.7. The minimum absolute atomic E-state index is 0.0550. The van der Waals surface area contributed by atoms with Crippen LogP contribution in [0.25, 0.3) is 0 Å². The summed E-state index contributed by atoms with van der Waals surface area (Å²) in [5, 5.41) is 11.8. The Labute approximate surface area is 130 Å². The highest BCUT2D eigenvalue weighted by Crippen LogP contribution is 2.34. The van der Waals surface area contributed by atoms with Crippen LogP contribution in [0.3, 0.4) is 0 Å². The molecule has 9 heteroatoms. The third kappa shape index (κ3) is 2.85. The van der Waals surface area contributed by atoms with Gasteiger partial charge in [0, 0.05) is 6.54 Å². The van der Waals surface area contributed by atoms with Crippen LogP contribution >= 0.6 is 27.3 Å². The van der Waals surface area contributed by atoms with E-state index in [1.54, 1.807) is 6.07 Å². The van der Waals surface area contributed by atoms with E-state index in [0.717, 1.165) is 22.2 Å². The van der Waals surface area contributed by atoms with E-state index in [1.165, 1.54) is 15.6 Å². The summed E-state index contributed by atoms with van der Waals surface area (Å²) in [5.74, 6) is -0.0550. The Kier molecular flexibility index (Phi) is 4.73. The van der Waals surface area contributed by atoms with Crippen LogP contribution in [0.1, 0.15) is 24.8 Å². The van der Waals surface area contributed by atoms with E-state index in [9.17, 15) is 8.42 Å². The maximum absolute atomic E-state index is 12.7. The summed E-state index contributed by atoms with van der Waals surface area (Å²) >= 11 is 4.52. The highest BCUT2D eigenvalue weighted by molar-refractivity contribution is 9.11. The lowest BCUT2D eigenvalue weighted by atomic mass is 10.0. The van der Waals surface area contributed by atoms with Gasteiger partial charge in [-0.25, -0.2) is 8.42 Å². The molecule has 1 aromatic heterocycles. The zero-order valence-corrected chi connectivity index (χ0v) is 14.1. The predicted molar refractivity (Wildman–Crippen MR) is 81.7 cm³/mol. The Balaban J connectivity index is 2.40. The number of hydrogen-bond acceptors (Lipinski definition) is 5. The van der Waals surface area contributed by atoms with Crippen LogP contribution in [0.4, 0.5) is 0 Å². The molecule has 112 valence electrons. The molecule has 3 N–H and O–H groups in total. The topological polar surface area (TPSA) is 96.0 Å². The van der Waals surface area contributed by atoms with Gasteiger partial charge in [-0.3, -0.25) is 0 Å². The van der Waals surface area contributed by atoms with Gasteiger partial charge in [0.1, 0.15) is 4.21 Å². The summed E-state index contributed by atoms with van der Waals surface area (Å²) in [4.78, 5) is 0. The Morgan fingerprint density at radius 3 is 2.85 bits per heavy atom. The zero-order valence-electron chi connectivity index (χ0n) is 10.9. The standard InChI is InChI=1S/C11H16BrN3O3S2/c1-7-6-9(19-10(7)12)20(17,18)15-5-3-2-4-8(15)11(13)14-16/h6,8,16H,2-5H2,1H3,(H2,13,14). The molecule has 1 unspecified atom stereocenters. The fraction of sp³-hybridized carbons (Fsp3) is 0.545. The summed E-state index contributed by atoms with van der Waals surface area (Å²) in [5.41, 5.74) is 6.52. The van der Waals surface area contributed by atoms with Gasteiger partial charge in [0.2, 0.25) is 0 Å². The second-order valence-corrected chi connectivity index (χ2v) is 9.16. The van der Waals surface area contributed by atoms with Crippen LogP contribution in [0.2, 0.25) is 0 Å². The number of hydrogen-bond donors (Lipinski definition) is 2. The first-order chi connectivity index (χ1) is 9.37. The van der Waals surface area contributed by atoms with Gasteiger partial charge < -0.3 is 10.9 Å². The number of aryl methyl sites for hydroxylation is 1. The minimum Gasteiger partial charge on any atom is -0.409 e. The van der Waals surface area contributed by atoms with Crippen LogP contribution < -0.4 is 5.73 Å². The van der Waals surface area contributed by atoms with Gasteiger partial charge >= 0.3 is 0 Å². The molecule has 0 spiro atoms. The third-order valence-electron chi connectivity index (χ3n) is 3.31. The molecule has 6 nitrogen and oxygen atoms in total. The van der Waals surface area contributed by atoms with Gasteiger partial charge in [0.25, 0.3) is 10.0 Å². The number of nitrogens with zero attached hydrogens (tertiary/aromatic N) is 2. The van der Waals surface area contributed by atoms with Crippen molar-refractivity contribution in [3.63, 3.8) is 0 Å². The maximum atomic E-state index is 12.7. The van der Waals surface area contributed by atoms with Crippen molar-refractivity contribution in [2.24, 2.45) is 10.9 Å². The molecule has 2 heterocycles. The first-order valence-electron chi connectivity index (χ1n) is 6.13. The number of amidine groups is 1. The molecule has 0 bridgehead atoms. The molecule has 0 radical (unpaired) electrons. The SMILES string of the molecule is Cc1cc(S(=O)(=O)N2CCCCC2/C(N)=N/O)sc1Br. The molecule has 20 heavy (non-hydrogen) atoms. The largest absolute Gasteiger partial charge is 0.409 e. The van der Waals surface area contributed by atoms with Crippen molar-refractivity contribution in [2.75, 3.05) is 6.54 Å². The molecule has 1 aromatic rings. The number of thiophene rings is 1. The van der Waals surface area contributed by atoms with Crippen molar-refractivity contribution in [3.05, 3.63) is 15.4 Å². The van der Waals surface area contributed by atoms with E-state index < -0.39 is 16.1 Å². The Hall–Kier alpha value is -0.640. The molecular formula is C11H16BrN3O3S2. The predicted octanol–water partition coefficient (Wildman–Crippen LogP) is 2.11. The summed E-state index contributed by atoms with van der Waals surface area (Å²) < 4.78 is 27.8. The average molecular weight is 382 g/mol. The van der Waals surface area contributed by atoms with Crippen LogP contribution in [0, 0.1) is 6.92 Å². The van der Waals surface area contributed by atoms with Crippen LogP contribution in [0.5, 0.6) is 0 Å². The van der Waals surface area contributed by atoms with E-state index in [-0.39, 0.29) is 10.0 Å². The summed E-state index contributed by atoms with van der Waals surface area (Å²) in [6.07, 6.45) is 2.21. The van der Waals surface area contributed by atoms with Gasteiger partial charge in [-0.1, -0.05) is 11.6 Å². The van der Waals surface area contributed by atoms with Crippen molar-refractivity contribution >= 4 is 43.1 Å². The van der Waals surface area contributed by atoms with Gasteiger partial charge in [0.15, 0.2) is 5.84 Å². The fourth-order valence-corrected chi connectivity index (χ4v) is 6.25. The van der Waals surface area contributed by atoms with Crippen molar-refractivity contribution in [1.29, 1.82) is 0 Å². The number of oxime groups is 1. The zero-order chi connectivity index (χ0) is 14.9. The van der Waals surface area contributed by atoms with Gasteiger partial charge in [-0.15, -0.1) is 11.3 Å². The molecule has 1 fully saturated rings. The van der Waals surface area contributed by atoms with Crippen LogP contribution in [-0.4, -0.2) is 36.4 Å². The summed E-state index contributed by atoms with van der Waals surface area (Å²) in [6.45, 7) is 2.23. The van der Waals surface area contributed by atoms with E-state index >= 15 is 0 Å². The minimum atomic E-state index is -3.62. The Morgan fingerprint density at radius 1 is 1.60 bits per heavy atom. The van der Waals surface area contributed by atoms with Crippen LogP contribution in [0.15, 0.2) is 19.2 Å². The smallest absolute Gasteiger partial charge is 0.253 e. The summed E-state index contributed by atoms with van der Waals surface area (Å²) in [7, 11) is -3.62. The molecule has 0 aromatic carbocycles. The molecule has 1 atom stereocenters. The average Bonchev–Trinajstić information content (AvgIpc) is 2.78. The highest BCUT2D eigenvalue weighted by atomic mass is 79.9. The third-order valence-corrected chi connectivity index (χ3v) is 7.80. The van der Waals surface area contributed by atoms with Gasteiger partial charge in [-0.2, -0.15) is 4.31 Å². The normalized spacial score (nSPS) is 22.1. The molecular weight excluding hydrogens is 366 g/mol. The molecule has 0 amide bonds. The first-order valence-corrected chi connectivity index (χ1v) is 9.18. The monoisotopic (exact) mass is 381 g/mol. The van der Waals surface area contributed by atoms with Crippen molar-refractivity contribution in [1.82, 2.24) is 4.31 Å². The van der Waals surface area contributed by atoms with Crippen LogP contribution in [-0.2, 0) is 10.0 Å². The number of piperidine rings is 1. The molecule has 2 rings (SSSR count). The van der Waals surface area contributed by atoms with Gasteiger partial charge in [-0.05, 0) is 47.3 Å². The second kappa shape index (κ2) is 6.00. The van der Waals surface area contributed by atoms with E-state index in [4.69, 9.17) is 10.9 Å². The highest BCUT2D eigenvalue weighted by Gasteiger charge is 2.36. The summed E-state index contributed by atoms with van der Waals surface area (Å²) in [6, 6.07) is 1.07. The molecule has 0 saturated carbocycles. The van der Waals surface area contributed by atoms with Crippen molar-refractivity contribution < 1.29 is 13.6 Å².